The summed E-state index contributed by atoms with van der Waals surface area (Å²) in [6, 6.07) is 15.7. The smallest absolute Gasteiger partial charge is 0.282 e. The van der Waals surface area contributed by atoms with Gasteiger partial charge in [-0.3, -0.25) is 4.79 Å². The Labute approximate surface area is 191 Å². The second-order valence-electron chi connectivity index (χ2n) is 7.05. The van der Waals surface area contributed by atoms with Crippen molar-refractivity contribution in [2.75, 3.05) is 0 Å². The summed E-state index contributed by atoms with van der Waals surface area (Å²) in [5.74, 6) is 0.631. The molecule has 0 saturated carbocycles. The first-order valence-corrected chi connectivity index (χ1v) is 11.2. The first-order valence-electron chi connectivity index (χ1n) is 9.59. The Kier molecular flexibility index (Phi) is 5.75. The molecule has 0 aliphatic carbocycles. The summed E-state index contributed by atoms with van der Waals surface area (Å²) in [6.07, 6.45) is 2.35. The van der Waals surface area contributed by atoms with Crippen LogP contribution in [-0.2, 0) is 6.42 Å². The normalized spacial score (nSPS) is 11.6. The lowest BCUT2D eigenvalue weighted by molar-refractivity contribution is 0.734. The van der Waals surface area contributed by atoms with Gasteiger partial charge in [0.2, 0.25) is 0 Å². The van der Waals surface area contributed by atoms with Crippen molar-refractivity contribution in [1.82, 2.24) is 14.2 Å². The Morgan fingerprint density at radius 1 is 1.07 bits per heavy atom. The minimum absolute atomic E-state index is 0.171. The van der Waals surface area contributed by atoms with E-state index in [1.165, 1.54) is 4.68 Å². The summed E-state index contributed by atoms with van der Waals surface area (Å²) in [5.41, 5.74) is 4.68. The van der Waals surface area contributed by atoms with Gasteiger partial charge in [-0.25, -0.2) is 4.98 Å². The molecule has 0 N–H and O–H groups in total. The number of benzene rings is 2. The highest BCUT2D eigenvalue weighted by atomic mass is 79.9. The van der Waals surface area contributed by atoms with Crippen LogP contribution in [0.4, 0.5) is 0 Å². The summed E-state index contributed by atoms with van der Waals surface area (Å²) in [7, 11) is 0. The fourth-order valence-electron chi connectivity index (χ4n) is 3.59. The third-order valence-electron chi connectivity index (χ3n) is 5.04. The number of halogens is 2. The Hall–Kier alpha value is -2.51. The van der Waals surface area contributed by atoms with E-state index in [1.807, 2.05) is 31.2 Å². The van der Waals surface area contributed by atoms with Crippen molar-refractivity contribution < 1.29 is 0 Å². The molecule has 0 fully saturated rings. The summed E-state index contributed by atoms with van der Waals surface area (Å²) in [6.45, 7) is 6.08. The molecule has 0 radical (unpaired) electrons. The van der Waals surface area contributed by atoms with Gasteiger partial charge in [0.15, 0.2) is 0 Å². The molecule has 4 aromatic rings. The van der Waals surface area contributed by atoms with E-state index in [9.17, 15) is 4.79 Å². The molecule has 2 aromatic carbocycles. The minimum Gasteiger partial charge on any atom is -0.318 e. The summed E-state index contributed by atoms with van der Waals surface area (Å²) < 4.78 is 5.44. The number of fused-ring (bicyclic) bond motifs is 1. The average molecular weight is 528 g/mol. The molecule has 7 heteroatoms. The fraction of sp³-hybridized carbons (Fsp3) is 0.174. The van der Waals surface area contributed by atoms with Gasteiger partial charge in [-0.1, -0.05) is 44.8 Å². The Morgan fingerprint density at radius 3 is 2.57 bits per heavy atom. The van der Waals surface area contributed by atoms with Crippen molar-refractivity contribution in [3.05, 3.63) is 90.6 Å². The minimum atomic E-state index is -0.171. The lowest BCUT2D eigenvalue weighted by Crippen LogP contribution is -2.22. The van der Waals surface area contributed by atoms with Gasteiger partial charge in [0.05, 0.1) is 17.1 Å². The SMILES string of the molecule is CCc1nc2ccc(Br)cc2c(=O)n1N=Cc1cc(C)n(-c2cccc(Br)c2)c1C. The van der Waals surface area contributed by atoms with Gasteiger partial charge in [0.25, 0.3) is 5.56 Å². The molecule has 0 atom stereocenters. The molecule has 0 aliphatic heterocycles. The van der Waals surface area contributed by atoms with E-state index in [0.717, 1.165) is 31.6 Å². The number of rotatable bonds is 4. The molecule has 30 heavy (non-hydrogen) atoms. The molecule has 2 heterocycles. The van der Waals surface area contributed by atoms with Gasteiger partial charge in [0, 0.05) is 38.0 Å². The van der Waals surface area contributed by atoms with Crippen LogP contribution in [0.15, 0.2) is 67.4 Å². The van der Waals surface area contributed by atoms with Gasteiger partial charge < -0.3 is 4.57 Å². The zero-order valence-corrected chi connectivity index (χ0v) is 20.0. The lowest BCUT2D eigenvalue weighted by atomic mass is 10.2. The monoisotopic (exact) mass is 526 g/mol. The van der Waals surface area contributed by atoms with Crippen LogP contribution in [-0.4, -0.2) is 20.4 Å². The highest BCUT2D eigenvalue weighted by Gasteiger charge is 2.12. The van der Waals surface area contributed by atoms with E-state index in [0.29, 0.717) is 23.1 Å². The third-order valence-corrected chi connectivity index (χ3v) is 6.03. The highest BCUT2D eigenvalue weighted by molar-refractivity contribution is 9.10. The summed E-state index contributed by atoms with van der Waals surface area (Å²) in [4.78, 5) is 17.7. The van der Waals surface area contributed by atoms with Crippen LogP contribution in [0.5, 0.6) is 0 Å². The molecule has 0 amide bonds. The molecule has 0 saturated heterocycles. The van der Waals surface area contributed by atoms with Crippen molar-refractivity contribution in [2.45, 2.75) is 27.2 Å². The van der Waals surface area contributed by atoms with E-state index < -0.39 is 0 Å². The second-order valence-corrected chi connectivity index (χ2v) is 8.88. The summed E-state index contributed by atoms with van der Waals surface area (Å²) in [5, 5.41) is 5.07. The fourth-order valence-corrected chi connectivity index (χ4v) is 4.34. The molecule has 152 valence electrons. The molecule has 4 rings (SSSR count). The van der Waals surface area contributed by atoms with Gasteiger partial charge in [-0.05, 0) is 56.3 Å². The maximum atomic E-state index is 13.1. The maximum Gasteiger partial charge on any atom is 0.282 e. The second kappa shape index (κ2) is 8.32. The summed E-state index contributed by atoms with van der Waals surface area (Å²) >= 11 is 6.97. The highest BCUT2D eigenvalue weighted by Crippen LogP contribution is 2.22. The van der Waals surface area contributed by atoms with Gasteiger partial charge in [-0.2, -0.15) is 9.78 Å². The van der Waals surface area contributed by atoms with Crippen molar-refractivity contribution in [2.24, 2.45) is 5.10 Å². The number of aryl methyl sites for hydroxylation is 2. The van der Waals surface area contributed by atoms with Crippen LogP contribution in [0.2, 0.25) is 0 Å². The molecule has 5 nitrogen and oxygen atoms in total. The van der Waals surface area contributed by atoms with Gasteiger partial charge >= 0.3 is 0 Å². The van der Waals surface area contributed by atoms with Crippen LogP contribution in [0.25, 0.3) is 16.6 Å². The predicted octanol–water partition coefficient (Wildman–Crippen LogP) is 5.77. The van der Waals surface area contributed by atoms with E-state index >= 15 is 0 Å². The molecule has 2 aromatic heterocycles. The van der Waals surface area contributed by atoms with Crippen LogP contribution in [0, 0.1) is 13.8 Å². The number of nitrogens with zero attached hydrogens (tertiary/aromatic N) is 4. The largest absolute Gasteiger partial charge is 0.318 e. The maximum absolute atomic E-state index is 13.1. The van der Waals surface area contributed by atoms with Crippen molar-refractivity contribution in [3.63, 3.8) is 0 Å². The number of hydrogen-bond donors (Lipinski definition) is 0. The molecule has 0 unspecified atom stereocenters. The van der Waals surface area contributed by atoms with E-state index in [4.69, 9.17) is 0 Å². The van der Waals surface area contributed by atoms with Crippen molar-refractivity contribution in [1.29, 1.82) is 0 Å². The lowest BCUT2D eigenvalue weighted by Gasteiger charge is -2.10. The Morgan fingerprint density at radius 2 is 1.83 bits per heavy atom. The zero-order valence-electron chi connectivity index (χ0n) is 16.9. The van der Waals surface area contributed by atoms with Gasteiger partial charge in [-0.15, -0.1) is 0 Å². The zero-order chi connectivity index (χ0) is 21.4. The molecular formula is C23H20Br2N4O. The van der Waals surface area contributed by atoms with E-state index in [2.05, 4.69) is 78.6 Å². The number of aromatic nitrogens is 3. The van der Waals surface area contributed by atoms with Crippen LogP contribution in [0.1, 0.15) is 29.7 Å². The Balaban J connectivity index is 1.81. The quantitative estimate of drug-likeness (QED) is 0.316. The standard InChI is InChI=1S/C23H20Br2N4O/c1-4-22-27-21-9-8-18(25)12-20(21)23(30)29(22)26-13-16-10-14(2)28(15(16)3)19-7-5-6-17(24)11-19/h5-13H,4H2,1-3H3. The average Bonchev–Trinajstić information content (AvgIpc) is 3.00. The van der Waals surface area contributed by atoms with E-state index in [-0.39, 0.29) is 5.56 Å². The first kappa shape index (κ1) is 20.8. The molecule has 0 bridgehead atoms. The van der Waals surface area contributed by atoms with Crippen LogP contribution in [0.3, 0.4) is 0 Å². The third kappa shape index (κ3) is 3.79. The first-order chi connectivity index (χ1) is 14.4. The molecule has 0 spiro atoms. The van der Waals surface area contributed by atoms with Crippen LogP contribution >= 0.6 is 31.9 Å². The van der Waals surface area contributed by atoms with Gasteiger partial charge in [0.1, 0.15) is 5.82 Å². The predicted molar refractivity (Wildman–Crippen MR) is 129 cm³/mol. The molecule has 0 aliphatic rings. The van der Waals surface area contributed by atoms with Crippen molar-refractivity contribution >= 4 is 49.0 Å². The topological polar surface area (TPSA) is 52.2 Å². The number of hydrogen-bond acceptors (Lipinski definition) is 3. The van der Waals surface area contributed by atoms with Crippen molar-refractivity contribution in [3.8, 4) is 5.69 Å². The molecular weight excluding hydrogens is 508 g/mol. The van der Waals surface area contributed by atoms with Crippen LogP contribution < -0.4 is 5.56 Å². The van der Waals surface area contributed by atoms with E-state index in [1.54, 1.807) is 12.3 Å². The Bertz CT molecular complexity index is 1350.